The molecule has 0 bridgehead atoms. The highest BCUT2D eigenvalue weighted by Gasteiger charge is 2.29. The van der Waals surface area contributed by atoms with E-state index < -0.39 is 16.6 Å². The van der Waals surface area contributed by atoms with Crippen LogP contribution in [0.1, 0.15) is 0 Å². The van der Waals surface area contributed by atoms with E-state index in [0.717, 1.165) is 10.4 Å². The lowest BCUT2D eigenvalue weighted by Gasteiger charge is -2.31. The van der Waals surface area contributed by atoms with Crippen molar-refractivity contribution in [2.24, 2.45) is 0 Å². The lowest BCUT2D eigenvalue weighted by atomic mass is 10.5. The summed E-state index contributed by atoms with van der Waals surface area (Å²) in [5.41, 5.74) is 0. The second-order valence-corrected chi connectivity index (χ2v) is 15.9. The molecule has 0 spiro atoms. The van der Waals surface area contributed by atoms with Crippen molar-refractivity contribution in [3.63, 3.8) is 0 Å². The summed E-state index contributed by atoms with van der Waals surface area (Å²) in [6, 6.07) is 6.04. The third kappa shape index (κ3) is 5.84. The second-order valence-electron chi connectivity index (χ2n) is 5.43. The van der Waals surface area contributed by atoms with E-state index in [1.807, 2.05) is 30.1 Å². The van der Waals surface area contributed by atoms with Gasteiger partial charge in [-0.05, 0) is 44.9 Å². The van der Waals surface area contributed by atoms with E-state index >= 15 is 0 Å². The largest absolute Gasteiger partial charge is 0.455 e. The first-order valence-corrected chi connectivity index (χ1v) is 13.0. The molecule has 1 aromatic heterocycles. The molecule has 5 heteroatoms. The molecule has 0 aliphatic carbocycles. The maximum absolute atomic E-state index is 6.28. The Labute approximate surface area is 105 Å². The molecular formula is C11H21NOSSi2. The number of rotatable bonds is 5. The SMILES string of the molecule is C[Si](C)(C)O[Si](C)(C)CSc1ccccn1. The van der Waals surface area contributed by atoms with Gasteiger partial charge >= 0.3 is 0 Å². The van der Waals surface area contributed by atoms with Crippen LogP contribution >= 0.6 is 11.8 Å². The predicted octanol–water partition coefficient (Wildman–Crippen LogP) is 3.77. The summed E-state index contributed by atoms with van der Waals surface area (Å²) in [5.74, 6) is 0. The zero-order valence-electron chi connectivity index (χ0n) is 10.8. The summed E-state index contributed by atoms with van der Waals surface area (Å²) in [6.07, 6.45) is 1.84. The van der Waals surface area contributed by atoms with E-state index in [9.17, 15) is 0 Å². The molecule has 0 atom stereocenters. The summed E-state index contributed by atoms with van der Waals surface area (Å²) >= 11 is 1.82. The Bertz CT molecular complexity index is 325. The third-order valence-electron chi connectivity index (χ3n) is 1.79. The Morgan fingerprint density at radius 1 is 1.19 bits per heavy atom. The Kier molecular flexibility index (Phi) is 4.78. The minimum atomic E-state index is -1.54. The summed E-state index contributed by atoms with van der Waals surface area (Å²) in [6.45, 7) is 11.4. The number of nitrogens with zero attached hydrogens (tertiary/aromatic N) is 1. The number of hydrogen-bond donors (Lipinski definition) is 0. The van der Waals surface area contributed by atoms with Gasteiger partial charge in [0.05, 0.1) is 5.03 Å². The smallest absolute Gasteiger partial charge is 0.183 e. The fourth-order valence-corrected chi connectivity index (χ4v) is 11.2. The second kappa shape index (κ2) is 5.49. The standard InChI is InChI=1S/C11H21NOSSi2/c1-15(2,3)13-16(4,5)10-14-11-8-6-7-9-12-11/h6-9H,10H2,1-5H3. The monoisotopic (exact) mass is 271 g/mol. The first kappa shape index (κ1) is 14.0. The van der Waals surface area contributed by atoms with Gasteiger partial charge in [0.1, 0.15) is 0 Å². The molecule has 1 rings (SSSR count). The molecule has 0 aliphatic heterocycles. The van der Waals surface area contributed by atoms with Gasteiger partial charge in [-0.2, -0.15) is 0 Å². The predicted molar refractivity (Wildman–Crippen MR) is 76.9 cm³/mol. The van der Waals surface area contributed by atoms with Crippen molar-refractivity contribution in [1.82, 2.24) is 4.98 Å². The average Bonchev–Trinajstić information content (AvgIpc) is 2.13. The normalized spacial score (nSPS) is 12.8. The van der Waals surface area contributed by atoms with Gasteiger partial charge in [-0.15, -0.1) is 11.8 Å². The summed E-state index contributed by atoms with van der Waals surface area (Å²) in [5, 5.41) is 2.18. The van der Waals surface area contributed by atoms with Crippen LogP contribution in [0.15, 0.2) is 29.4 Å². The molecule has 0 unspecified atom stereocenters. The van der Waals surface area contributed by atoms with Crippen molar-refractivity contribution in [3.05, 3.63) is 24.4 Å². The number of hydrogen-bond acceptors (Lipinski definition) is 3. The highest BCUT2D eigenvalue weighted by Crippen LogP contribution is 2.23. The molecule has 1 aromatic rings. The van der Waals surface area contributed by atoms with E-state index in [-0.39, 0.29) is 0 Å². The molecule has 0 aromatic carbocycles. The molecule has 0 fully saturated rings. The fourth-order valence-electron chi connectivity index (χ4n) is 1.54. The van der Waals surface area contributed by atoms with Gasteiger partial charge in [0.15, 0.2) is 16.6 Å². The van der Waals surface area contributed by atoms with Gasteiger partial charge in [-0.3, -0.25) is 0 Å². The van der Waals surface area contributed by atoms with Crippen LogP contribution in [0.3, 0.4) is 0 Å². The summed E-state index contributed by atoms with van der Waals surface area (Å²) in [7, 11) is -2.94. The van der Waals surface area contributed by atoms with Crippen LogP contribution in [0.4, 0.5) is 0 Å². The molecule has 0 amide bonds. The van der Waals surface area contributed by atoms with Crippen LogP contribution < -0.4 is 0 Å². The third-order valence-corrected chi connectivity index (χ3v) is 10.3. The van der Waals surface area contributed by atoms with Gasteiger partial charge < -0.3 is 4.12 Å². The molecule has 2 nitrogen and oxygen atoms in total. The van der Waals surface area contributed by atoms with E-state index in [1.165, 1.54) is 0 Å². The Balaban J connectivity index is 2.48. The van der Waals surface area contributed by atoms with Gasteiger partial charge in [-0.25, -0.2) is 4.98 Å². The first-order chi connectivity index (χ1) is 7.29. The molecule has 0 saturated carbocycles. The van der Waals surface area contributed by atoms with Crippen LogP contribution in [-0.4, -0.2) is 27.0 Å². The number of thioether (sulfide) groups is 1. The van der Waals surface area contributed by atoms with Gasteiger partial charge in [0, 0.05) is 11.6 Å². The average molecular weight is 272 g/mol. The molecule has 1 heterocycles. The molecule has 0 N–H and O–H groups in total. The van der Waals surface area contributed by atoms with Crippen LogP contribution in [0.2, 0.25) is 32.7 Å². The minimum absolute atomic E-state index is 1.08. The fraction of sp³-hybridized carbons (Fsp3) is 0.545. The molecular weight excluding hydrogens is 250 g/mol. The topological polar surface area (TPSA) is 22.1 Å². The van der Waals surface area contributed by atoms with Crippen molar-refractivity contribution >= 4 is 28.4 Å². The molecule has 16 heavy (non-hydrogen) atoms. The van der Waals surface area contributed by atoms with Crippen molar-refractivity contribution in [2.45, 2.75) is 37.8 Å². The number of pyridine rings is 1. The van der Waals surface area contributed by atoms with E-state index in [2.05, 4.69) is 43.8 Å². The molecule has 0 saturated heterocycles. The Morgan fingerprint density at radius 2 is 1.88 bits per heavy atom. The molecule has 0 radical (unpaired) electrons. The van der Waals surface area contributed by atoms with Crippen molar-refractivity contribution in [1.29, 1.82) is 0 Å². The van der Waals surface area contributed by atoms with Crippen LogP contribution in [0.25, 0.3) is 0 Å². The van der Waals surface area contributed by atoms with Crippen molar-refractivity contribution in [2.75, 3.05) is 5.38 Å². The zero-order valence-corrected chi connectivity index (χ0v) is 13.6. The maximum Gasteiger partial charge on any atom is 0.183 e. The zero-order chi connectivity index (χ0) is 12.2. The highest BCUT2D eigenvalue weighted by atomic mass is 32.2. The van der Waals surface area contributed by atoms with Crippen molar-refractivity contribution < 1.29 is 4.12 Å². The Morgan fingerprint density at radius 3 is 2.38 bits per heavy atom. The van der Waals surface area contributed by atoms with Crippen LogP contribution in [0.5, 0.6) is 0 Å². The Hall–Kier alpha value is -0.106. The lowest BCUT2D eigenvalue weighted by molar-refractivity contribution is 0.558. The molecule has 90 valence electrons. The first-order valence-electron chi connectivity index (χ1n) is 5.53. The lowest BCUT2D eigenvalue weighted by Crippen LogP contribution is -2.44. The molecule has 0 aliphatic rings. The van der Waals surface area contributed by atoms with Gasteiger partial charge in [0.25, 0.3) is 0 Å². The van der Waals surface area contributed by atoms with Crippen LogP contribution in [-0.2, 0) is 4.12 Å². The summed E-state index contributed by atoms with van der Waals surface area (Å²) in [4.78, 5) is 4.32. The summed E-state index contributed by atoms with van der Waals surface area (Å²) < 4.78 is 6.28. The quantitative estimate of drug-likeness (QED) is 0.601. The minimum Gasteiger partial charge on any atom is -0.455 e. The highest BCUT2D eigenvalue weighted by molar-refractivity contribution is 8.00. The van der Waals surface area contributed by atoms with E-state index in [1.54, 1.807) is 0 Å². The van der Waals surface area contributed by atoms with Crippen molar-refractivity contribution in [3.8, 4) is 0 Å². The van der Waals surface area contributed by atoms with E-state index in [4.69, 9.17) is 4.12 Å². The maximum atomic E-state index is 6.28. The van der Waals surface area contributed by atoms with Crippen LogP contribution in [0, 0.1) is 0 Å². The number of aromatic nitrogens is 1. The van der Waals surface area contributed by atoms with Gasteiger partial charge in [0.2, 0.25) is 0 Å². The van der Waals surface area contributed by atoms with Gasteiger partial charge in [-0.1, -0.05) is 6.07 Å². The van der Waals surface area contributed by atoms with E-state index in [0.29, 0.717) is 0 Å².